The Balaban J connectivity index is 2.10. The Labute approximate surface area is 102 Å². The van der Waals surface area contributed by atoms with Crippen LogP contribution in [-0.2, 0) is 6.42 Å². The van der Waals surface area contributed by atoms with Gasteiger partial charge in [0.2, 0.25) is 0 Å². The third-order valence-corrected chi connectivity index (χ3v) is 4.14. The Kier molecular flexibility index (Phi) is 4.24. The van der Waals surface area contributed by atoms with Crippen LogP contribution in [0.3, 0.4) is 0 Å². The van der Waals surface area contributed by atoms with Crippen LogP contribution < -0.4 is 5.32 Å². The molecule has 2 nitrogen and oxygen atoms in total. The third-order valence-electron chi connectivity index (χ3n) is 3.49. The highest BCUT2D eigenvalue weighted by Crippen LogP contribution is 2.34. The lowest BCUT2D eigenvalue weighted by Crippen LogP contribution is -2.32. The van der Waals surface area contributed by atoms with Crippen LogP contribution in [0.15, 0.2) is 18.3 Å². The number of likely N-dealkylation sites (N-methyl/N-ethyl adjacent to an activating group) is 1. The van der Waals surface area contributed by atoms with Crippen molar-refractivity contribution in [2.45, 2.75) is 31.2 Å². The molecule has 1 N–H and O–H groups in total. The van der Waals surface area contributed by atoms with Gasteiger partial charge in [0.1, 0.15) is 0 Å². The summed E-state index contributed by atoms with van der Waals surface area (Å²) in [6.45, 7) is 0. The monoisotopic (exact) mass is 236 g/mol. The van der Waals surface area contributed by atoms with Gasteiger partial charge in [0.15, 0.2) is 0 Å². The summed E-state index contributed by atoms with van der Waals surface area (Å²) in [7, 11) is 2.08. The standard InChI is InChI=1S/C13H20N2S/c1-14-12(7-9-16-2)11-6-5-10-4-3-8-15-13(10)11/h3-4,8,11-12,14H,5-7,9H2,1-2H3. The molecular weight excluding hydrogens is 216 g/mol. The second-order valence-corrected chi connectivity index (χ2v) is 5.36. The highest BCUT2D eigenvalue weighted by molar-refractivity contribution is 7.98. The van der Waals surface area contributed by atoms with E-state index in [1.807, 2.05) is 18.0 Å². The first kappa shape index (κ1) is 11.9. The van der Waals surface area contributed by atoms with Gasteiger partial charge in [-0.25, -0.2) is 0 Å². The average Bonchev–Trinajstić information content (AvgIpc) is 2.75. The van der Waals surface area contributed by atoms with Crippen LogP contribution in [0.2, 0.25) is 0 Å². The molecule has 0 spiro atoms. The minimum absolute atomic E-state index is 0.587. The molecule has 1 aromatic rings. The first-order valence-electron chi connectivity index (χ1n) is 5.96. The fraction of sp³-hybridized carbons (Fsp3) is 0.615. The minimum Gasteiger partial charge on any atom is -0.316 e. The van der Waals surface area contributed by atoms with Crippen LogP contribution in [0.4, 0.5) is 0 Å². The van der Waals surface area contributed by atoms with E-state index in [2.05, 4.69) is 35.7 Å². The van der Waals surface area contributed by atoms with Crippen LogP contribution >= 0.6 is 11.8 Å². The maximum Gasteiger partial charge on any atom is 0.0482 e. The van der Waals surface area contributed by atoms with Crippen molar-refractivity contribution in [2.75, 3.05) is 19.1 Å². The zero-order valence-corrected chi connectivity index (χ0v) is 10.9. The number of nitrogens with zero attached hydrogens (tertiary/aromatic N) is 1. The summed E-state index contributed by atoms with van der Waals surface area (Å²) < 4.78 is 0. The number of fused-ring (bicyclic) bond motifs is 1. The molecule has 1 heterocycles. The molecule has 1 aromatic heterocycles. The van der Waals surface area contributed by atoms with E-state index in [1.165, 1.54) is 36.3 Å². The lowest BCUT2D eigenvalue weighted by molar-refractivity contribution is 0.444. The summed E-state index contributed by atoms with van der Waals surface area (Å²) in [4.78, 5) is 4.57. The Morgan fingerprint density at radius 3 is 3.25 bits per heavy atom. The minimum atomic E-state index is 0.587. The van der Waals surface area contributed by atoms with E-state index in [9.17, 15) is 0 Å². The van der Waals surface area contributed by atoms with Gasteiger partial charge in [0, 0.05) is 23.9 Å². The quantitative estimate of drug-likeness (QED) is 0.850. The molecule has 1 aliphatic rings. The normalized spacial score (nSPS) is 20.8. The van der Waals surface area contributed by atoms with E-state index < -0.39 is 0 Å². The molecule has 2 atom stereocenters. The Hall–Kier alpha value is -0.540. The smallest absolute Gasteiger partial charge is 0.0482 e. The zero-order valence-electron chi connectivity index (χ0n) is 10.1. The molecule has 2 rings (SSSR count). The molecule has 0 aromatic carbocycles. The summed E-state index contributed by atoms with van der Waals surface area (Å²) in [5, 5.41) is 3.47. The Morgan fingerprint density at radius 2 is 2.50 bits per heavy atom. The van der Waals surface area contributed by atoms with Crippen LogP contribution in [0, 0.1) is 0 Å². The van der Waals surface area contributed by atoms with E-state index in [-0.39, 0.29) is 0 Å². The van der Waals surface area contributed by atoms with Crippen molar-refractivity contribution >= 4 is 11.8 Å². The summed E-state index contributed by atoms with van der Waals surface area (Å²) in [6.07, 6.45) is 7.79. The maximum atomic E-state index is 4.57. The first-order valence-corrected chi connectivity index (χ1v) is 7.36. The Bertz CT molecular complexity index is 340. The van der Waals surface area contributed by atoms with Crippen molar-refractivity contribution in [3.8, 4) is 0 Å². The number of pyridine rings is 1. The number of nitrogens with one attached hydrogen (secondary N) is 1. The van der Waals surface area contributed by atoms with E-state index in [1.54, 1.807) is 0 Å². The summed E-state index contributed by atoms with van der Waals surface area (Å²) in [5.74, 6) is 1.85. The van der Waals surface area contributed by atoms with Crippen molar-refractivity contribution in [1.29, 1.82) is 0 Å². The summed E-state index contributed by atoms with van der Waals surface area (Å²) in [6, 6.07) is 4.87. The molecule has 2 unspecified atom stereocenters. The topological polar surface area (TPSA) is 24.9 Å². The van der Waals surface area contributed by atoms with Gasteiger partial charge in [0.05, 0.1) is 0 Å². The van der Waals surface area contributed by atoms with Gasteiger partial charge in [-0.1, -0.05) is 6.07 Å². The highest BCUT2D eigenvalue weighted by atomic mass is 32.2. The van der Waals surface area contributed by atoms with Crippen molar-refractivity contribution < 1.29 is 0 Å². The number of hydrogen-bond acceptors (Lipinski definition) is 3. The molecule has 0 amide bonds. The number of thioether (sulfide) groups is 1. The second-order valence-electron chi connectivity index (χ2n) is 4.37. The molecule has 0 radical (unpaired) electrons. The number of aryl methyl sites for hydroxylation is 1. The van der Waals surface area contributed by atoms with Crippen LogP contribution in [-0.4, -0.2) is 30.1 Å². The van der Waals surface area contributed by atoms with E-state index in [0.29, 0.717) is 12.0 Å². The van der Waals surface area contributed by atoms with Crippen LogP contribution in [0.1, 0.15) is 30.0 Å². The molecule has 3 heteroatoms. The molecule has 0 saturated carbocycles. The van der Waals surface area contributed by atoms with Crippen molar-refractivity contribution in [1.82, 2.24) is 10.3 Å². The fourth-order valence-electron chi connectivity index (χ4n) is 2.63. The van der Waals surface area contributed by atoms with Gasteiger partial charge in [-0.3, -0.25) is 4.98 Å². The van der Waals surface area contributed by atoms with Gasteiger partial charge in [-0.2, -0.15) is 11.8 Å². The molecule has 0 saturated heterocycles. The fourth-order valence-corrected chi connectivity index (χ4v) is 3.12. The van der Waals surface area contributed by atoms with Crippen LogP contribution in [0.25, 0.3) is 0 Å². The average molecular weight is 236 g/mol. The predicted molar refractivity (Wildman–Crippen MR) is 71.1 cm³/mol. The maximum absolute atomic E-state index is 4.57. The van der Waals surface area contributed by atoms with Gasteiger partial charge in [-0.05, 0) is 49.9 Å². The Morgan fingerprint density at radius 1 is 1.62 bits per heavy atom. The first-order chi connectivity index (χ1) is 7.86. The molecule has 16 heavy (non-hydrogen) atoms. The molecule has 88 valence electrons. The van der Waals surface area contributed by atoms with E-state index in [4.69, 9.17) is 0 Å². The number of rotatable bonds is 5. The van der Waals surface area contributed by atoms with Crippen molar-refractivity contribution in [3.05, 3.63) is 29.6 Å². The van der Waals surface area contributed by atoms with Crippen LogP contribution in [0.5, 0.6) is 0 Å². The molecule has 0 aliphatic heterocycles. The van der Waals surface area contributed by atoms with Crippen molar-refractivity contribution in [3.63, 3.8) is 0 Å². The lowest BCUT2D eigenvalue weighted by Gasteiger charge is -2.23. The molecular formula is C13H20N2S. The van der Waals surface area contributed by atoms with Gasteiger partial charge in [-0.15, -0.1) is 0 Å². The van der Waals surface area contributed by atoms with Crippen molar-refractivity contribution in [2.24, 2.45) is 0 Å². The van der Waals surface area contributed by atoms with E-state index in [0.717, 1.165) is 0 Å². The van der Waals surface area contributed by atoms with E-state index >= 15 is 0 Å². The highest BCUT2D eigenvalue weighted by Gasteiger charge is 2.29. The second kappa shape index (κ2) is 5.69. The SMILES string of the molecule is CNC(CCSC)C1CCc2cccnc21. The largest absolute Gasteiger partial charge is 0.316 e. The molecule has 0 fully saturated rings. The molecule has 1 aliphatic carbocycles. The number of hydrogen-bond donors (Lipinski definition) is 1. The molecule has 0 bridgehead atoms. The van der Waals surface area contributed by atoms with Gasteiger partial charge >= 0.3 is 0 Å². The predicted octanol–water partition coefficient (Wildman–Crippen LogP) is 2.45. The summed E-state index contributed by atoms with van der Waals surface area (Å²) in [5.41, 5.74) is 2.79. The van der Waals surface area contributed by atoms with Gasteiger partial charge in [0.25, 0.3) is 0 Å². The third kappa shape index (κ3) is 2.41. The summed E-state index contributed by atoms with van der Waals surface area (Å²) >= 11 is 1.93. The van der Waals surface area contributed by atoms with Gasteiger partial charge < -0.3 is 5.32 Å². The zero-order chi connectivity index (χ0) is 11.4. The lowest BCUT2D eigenvalue weighted by atomic mass is 9.95. The number of aromatic nitrogens is 1.